The Bertz CT molecular complexity index is 1080. The topological polar surface area (TPSA) is 166 Å². The third-order valence-electron chi connectivity index (χ3n) is 6.29. The molecule has 12 heteroatoms. The number of aromatic nitrogens is 1. The second-order valence-electron chi connectivity index (χ2n) is 8.97. The van der Waals surface area contributed by atoms with Crippen LogP contribution in [0.4, 0.5) is 0 Å². The number of aliphatic carboxylic acids is 1. The predicted octanol–water partition coefficient (Wildman–Crippen LogP) is 1.31. The van der Waals surface area contributed by atoms with Crippen molar-refractivity contribution < 1.29 is 24.3 Å². The summed E-state index contributed by atoms with van der Waals surface area (Å²) >= 11 is 5.46. The number of nitrogens with two attached hydrogens (primary N) is 1. The smallest absolute Gasteiger partial charge is 0.327 e. The molecule has 1 aromatic carbocycles. The zero-order valence-corrected chi connectivity index (χ0v) is 23.0. The first-order valence-electron chi connectivity index (χ1n) is 12.2. The van der Waals surface area contributed by atoms with E-state index in [9.17, 15) is 24.3 Å². The van der Waals surface area contributed by atoms with Gasteiger partial charge < -0.3 is 31.8 Å². The van der Waals surface area contributed by atoms with E-state index in [2.05, 4.69) is 33.6 Å². The fraction of sp³-hybridized carbons (Fsp3) is 0.520. The minimum Gasteiger partial charge on any atom is -0.480 e. The van der Waals surface area contributed by atoms with Crippen LogP contribution in [0.2, 0.25) is 0 Å². The highest BCUT2D eigenvalue weighted by Crippen LogP contribution is 2.19. The van der Waals surface area contributed by atoms with E-state index in [1.807, 2.05) is 50.6 Å². The zero-order valence-electron chi connectivity index (χ0n) is 21.3. The summed E-state index contributed by atoms with van der Waals surface area (Å²) in [6, 6.07) is 3.75. The second-order valence-corrected chi connectivity index (χ2v) is 10.3. The average molecular weight is 552 g/mol. The lowest BCUT2D eigenvalue weighted by molar-refractivity contribution is -0.141. The molecule has 0 fully saturated rings. The molecule has 10 nitrogen and oxygen atoms in total. The number of benzene rings is 1. The summed E-state index contributed by atoms with van der Waals surface area (Å²) in [7, 11) is 0. The van der Waals surface area contributed by atoms with Crippen molar-refractivity contribution in [1.29, 1.82) is 0 Å². The Labute approximate surface area is 226 Å². The summed E-state index contributed by atoms with van der Waals surface area (Å²) in [6.45, 7) is 3.72. The van der Waals surface area contributed by atoms with E-state index in [0.717, 1.165) is 16.5 Å². The van der Waals surface area contributed by atoms with Crippen molar-refractivity contribution in [2.45, 2.75) is 57.3 Å². The van der Waals surface area contributed by atoms with Gasteiger partial charge in [-0.3, -0.25) is 14.4 Å². The minimum absolute atomic E-state index is 0.0931. The molecule has 0 aliphatic heterocycles. The van der Waals surface area contributed by atoms with E-state index in [4.69, 9.17) is 5.73 Å². The quantitative estimate of drug-likeness (QED) is 0.164. The van der Waals surface area contributed by atoms with Crippen molar-refractivity contribution in [3.05, 3.63) is 36.0 Å². The van der Waals surface area contributed by atoms with Gasteiger partial charge in [0.15, 0.2) is 0 Å². The van der Waals surface area contributed by atoms with Crippen LogP contribution in [0.25, 0.3) is 10.9 Å². The molecule has 3 amide bonds. The Morgan fingerprint density at radius 2 is 1.76 bits per heavy atom. The van der Waals surface area contributed by atoms with Gasteiger partial charge in [-0.15, -0.1) is 0 Å². The summed E-state index contributed by atoms with van der Waals surface area (Å²) in [6.07, 6.45) is 4.85. The first-order valence-corrected chi connectivity index (χ1v) is 14.2. The third kappa shape index (κ3) is 8.68. The van der Waals surface area contributed by atoms with Crippen LogP contribution in [0.15, 0.2) is 30.5 Å². The molecule has 0 saturated carbocycles. The number of H-pyrrole nitrogens is 1. The maximum atomic E-state index is 13.3. The number of para-hydroxylation sites is 1. The molecule has 7 N–H and O–H groups in total. The monoisotopic (exact) mass is 551 g/mol. The summed E-state index contributed by atoms with van der Waals surface area (Å²) in [5, 5.41) is 18.1. The zero-order chi connectivity index (χ0) is 27.5. The van der Waals surface area contributed by atoms with Crippen LogP contribution in [-0.4, -0.2) is 75.7 Å². The number of aromatic amines is 1. The van der Waals surface area contributed by atoms with Crippen molar-refractivity contribution in [3.8, 4) is 0 Å². The number of fused-ring (bicyclic) bond motifs is 1. The van der Waals surface area contributed by atoms with Crippen LogP contribution in [0, 0.1) is 5.92 Å². The number of hydrogen-bond donors (Lipinski definition) is 7. The molecule has 37 heavy (non-hydrogen) atoms. The molecular formula is C25H37N5O5S2. The number of carbonyl (C=O) groups is 4. The van der Waals surface area contributed by atoms with Gasteiger partial charge in [0.05, 0.1) is 6.04 Å². The van der Waals surface area contributed by atoms with Crippen LogP contribution in [-0.2, 0) is 25.6 Å². The van der Waals surface area contributed by atoms with Crippen molar-refractivity contribution >= 4 is 59.0 Å². The van der Waals surface area contributed by atoms with Crippen LogP contribution in [0.3, 0.4) is 0 Å². The molecule has 0 radical (unpaired) electrons. The van der Waals surface area contributed by atoms with Gasteiger partial charge >= 0.3 is 5.97 Å². The van der Waals surface area contributed by atoms with Crippen LogP contribution in [0.1, 0.15) is 32.3 Å². The van der Waals surface area contributed by atoms with Crippen molar-refractivity contribution in [1.82, 2.24) is 20.9 Å². The third-order valence-corrected chi connectivity index (χ3v) is 7.29. The Kier molecular flexibility index (Phi) is 12.3. The fourth-order valence-corrected chi connectivity index (χ4v) is 4.54. The van der Waals surface area contributed by atoms with Crippen LogP contribution in [0.5, 0.6) is 0 Å². The van der Waals surface area contributed by atoms with Gasteiger partial charge in [0.25, 0.3) is 0 Å². The molecule has 0 saturated heterocycles. The number of rotatable bonds is 15. The number of hydrogen-bond acceptors (Lipinski definition) is 7. The predicted molar refractivity (Wildman–Crippen MR) is 150 cm³/mol. The summed E-state index contributed by atoms with van der Waals surface area (Å²) < 4.78 is 0. The number of thioether (sulfide) groups is 1. The number of carboxylic acid groups (broad SMARTS) is 1. The Hall–Kier alpha value is -2.70. The van der Waals surface area contributed by atoms with Crippen molar-refractivity contribution in [2.75, 3.05) is 17.8 Å². The fourth-order valence-electron chi connectivity index (χ4n) is 3.82. The number of carboxylic acids is 1. The maximum Gasteiger partial charge on any atom is 0.327 e. The SMILES string of the molecule is CCC(C)C(NC(=O)C(N)Cc1c[nH]c2ccccc12)C(=O)NC(CCSC)C(=O)NC(CS)C(=O)O. The number of nitrogens with one attached hydrogen (secondary N) is 4. The number of amides is 3. The van der Waals surface area contributed by atoms with E-state index in [-0.39, 0.29) is 18.1 Å². The largest absolute Gasteiger partial charge is 0.480 e. The first-order chi connectivity index (χ1) is 17.6. The molecule has 2 aromatic rings. The lowest BCUT2D eigenvalue weighted by Gasteiger charge is -2.28. The molecule has 0 bridgehead atoms. The van der Waals surface area contributed by atoms with Crippen molar-refractivity contribution in [2.24, 2.45) is 11.7 Å². The number of carbonyl (C=O) groups excluding carboxylic acids is 3. The van der Waals surface area contributed by atoms with Crippen LogP contribution < -0.4 is 21.7 Å². The number of thiol groups is 1. The lowest BCUT2D eigenvalue weighted by atomic mass is 9.96. The molecule has 5 atom stereocenters. The van der Waals surface area contributed by atoms with Crippen molar-refractivity contribution in [3.63, 3.8) is 0 Å². The van der Waals surface area contributed by atoms with Crippen LogP contribution >= 0.6 is 24.4 Å². The van der Waals surface area contributed by atoms with E-state index in [0.29, 0.717) is 18.6 Å². The molecule has 204 valence electrons. The molecule has 2 rings (SSSR count). The van der Waals surface area contributed by atoms with Gasteiger partial charge in [-0.25, -0.2) is 4.79 Å². The van der Waals surface area contributed by atoms with Gasteiger partial charge in [0.1, 0.15) is 18.1 Å². The van der Waals surface area contributed by atoms with E-state index in [1.165, 1.54) is 11.8 Å². The van der Waals surface area contributed by atoms with Gasteiger partial charge in [0, 0.05) is 22.9 Å². The molecule has 1 aromatic heterocycles. The second kappa shape index (κ2) is 14.9. The highest BCUT2D eigenvalue weighted by Gasteiger charge is 2.32. The Morgan fingerprint density at radius 1 is 1.08 bits per heavy atom. The van der Waals surface area contributed by atoms with E-state index >= 15 is 0 Å². The van der Waals surface area contributed by atoms with E-state index < -0.39 is 47.9 Å². The normalized spacial score (nSPS) is 15.3. The maximum absolute atomic E-state index is 13.3. The molecule has 5 unspecified atom stereocenters. The Balaban J connectivity index is 2.12. The highest BCUT2D eigenvalue weighted by atomic mass is 32.2. The lowest BCUT2D eigenvalue weighted by Crippen LogP contribution is -2.59. The summed E-state index contributed by atoms with van der Waals surface area (Å²) in [5.74, 6) is -2.60. The summed E-state index contributed by atoms with van der Waals surface area (Å²) in [4.78, 5) is 53.5. The molecule has 1 heterocycles. The summed E-state index contributed by atoms with van der Waals surface area (Å²) in [5.41, 5.74) is 8.06. The molecule has 0 spiro atoms. The highest BCUT2D eigenvalue weighted by molar-refractivity contribution is 7.98. The first kappa shape index (κ1) is 30.5. The van der Waals surface area contributed by atoms with Gasteiger partial charge in [-0.05, 0) is 42.4 Å². The van der Waals surface area contributed by atoms with Gasteiger partial charge in [0.2, 0.25) is 17.7 Å². The minimum atomic E-state index is -1.22. The standard InChI is InChI=1S/C25H37N5O5S2/c1-4-14(2)21(24(33)28-19(9-10-37-3)23(32)29-20(13-36)25(34)35)30-22(31)17(26)11-15-12-27-18-8-6-5-7-16(15)18/h5-8,12,14,17,19-21,27,36H,4,9-11,13,26H2,1-3H3,(H,28,33)(H,29,32)(H,30,31)(H,34,35). The van der Waals surface area contributed by atoms with E-state index in [1.54, 1.807) is 0 Å². The molecule has 0 aliphatic rings. The average Bonchev–Trinajstić information content (AvgIpc) is 3.29. The van der Waals surface area contributed by atoms with Gasteiger partial charge in [-0.1, -0.05) is 38.5 Å². The van der Waals surface area contributed by atoms with Gasteiger partial charge in [-0.2, -0.15) is 24.4 Å². The molecule has 0 aliphatic carbocycles. The Morgan fingerprint density at radius 3 is 2.38 bits per heavy atom. The molecular weight excluding hydrogens is 514 g/mol.